The van der Waals surface area contributed by atoms with Crippen molar-refractivity contribution in [3.8, 4) is 0 Å². The molecule has 0 radical (unpaired) electrons. The summed E-state index contributed by atoms with van der Waals surface area (Å²) in [4.78, 5) is 0. The fourth-order valence-corrected chi connectivity index (χ4v) is 1.46. The molecule has 1 aromatic rings. The van der Waals surface area contributed by atoms with Crippen LogP contribution in [0.15, 0.2) is 16.6 Å². The van der Waals surface area contributed by atoms with Crippen molar-refractivity contribution in [2.75, 3.05) is 5.73 Å². The summed E-state index contributed by atoms with van der Waals surface area (Å²) in [6, 6.07) is 2.51. The van der Waals surface area contributed by atoms with Gasteiger partial charge in [0.2, 0.25) is 0 Å². The molecule has 0 saturated heterocycles. The fraction of sp³-hybridized carbons (Fsp3) is 0.143. The number of benzene rings is 1. The van der Waals surface area contributed by atoms with Crippen molar-refractivity contribution in [2.24, 2.45) is 0 Å². The lowest BCUT2D eigenvalue weighted by molar-refractivity contribution is -0.136. The maximum Gasteiger partial charge on any atom is 0.419 e. The molecular weight excluding hydrogens is 270 g/mol. The van der Waals surface area contributed by atoms with Crippen molar-refractivity contribution >= 4 is 33.2 Å². The third-order valence-electron chi connectivity index (χ3n) is 1.42. The van der Waals surface area contributed by atoms with Gasteiger partial charge in [0, 0.05) is 4.47 Å². The van der Waals surface area contributed by atoms with Crippen molar-refractivity contribution in [1.29, 1.82) is 0 Å². The molecule has 72 valence electrons. The highest BCUT2D eigenvalue weighted by atomic mass is 79.9. The maximum atomic E-state index is 12.3. The maximum absolute atomic E-state index is 12.3. The molecule has 0 bridgehead atoms. The van der Waals surface area contributed by atoms with Gasteiger partial charge < -0.3 is 5.73 Å². The monoisotopic (exact) mass is 273 g/mol. The Bertz CT molecular complexity index is 337. The molecule has 0 aliphatic heterocycles. The highest BCUT2D eigenvalue weighted by Crippen LogP contribution is 2.41. The van der Waals surface area contributed by atoms with Gasteiger partial charge in [-0.05, 0) is 28.1 Å². The third kappa shape index (κ3) is 2.08. The first kappa shape index (κ1) is 10.7. The molecule has 0 spiro atoms. The molecule has 0 fully saturated rings. The van der Waals surface area contributed by atoms with E-state index in [1.54, 1.807) is 0 Å². The van der Waals surface area contributed by atoms with E-state index in [9.17, 15) is 13.2 Å². The summed E-state index contributed by atoms with van der Waals surface area (Å²) in [7, 11) is 0. The molecule has 0 aliphatic rings. The van der Waals surface area contributed by atoms with Crippen LogP contribution in [0.2, 0.25) is 5.02 Å². The van der Waals surface area contributed by atoms with Crippen LogP contribution in [0.3, 0.4) is 0 Å². The van der Waals surface area contributed by atoms with E-state index in [1.165, 1.54) is 6.07 Å². The summed E-state index contributed by atoms with van der Waals surface area (Å²) >= 11 is 8.25. The van der Waals surface area contributed by atoms with E-state index in [0.717, 1.165) is 6.07 Å². The molecular formula is C7H4BrClF3N. The second-order valence-electron chi connectivity index (χ2n) is 2.32. The van der Waals surface area contributed by atoms with Crippen molar-refractivity contribution in [2.45, 2.75) is 6.18 Å². The van der Waals surface area contributed by atoms with Gasteiger partial charge in [0.1, 0.15) is 0 Å². The van der Waals surface area contributed by atoms with Crippen LogP contribution in [-0.2, 0) is 6.18 Å². The molecule has 0 unspecified atom stereocenters. The summed E-state index contributed by atoms with van der Waals surface area (Å²) in [5, 5.41) is -0.395. The Morgan fingerprint density at radius 1 is 1.31 bits per heavy atom. The number of alkyl halides is 3. The second kappa shape index (κ2) is 3.38. The molecule has 13 heavy (non-hydrogen) atoms. The fourth-order valence-electron chi connectivity index (χ4n) is 0.856. The Morgan fingerprint density at radius 2 is 1.85 bits per heavy atom. The normalized spacial score (nSPS) is 11.8. The van der Waals surface area contributed by atoms with Gasteiger partial charge in [-0.15, -0.1) is 0 Å². The first-order valence-corrected chi connectivity index (χ1v) is 4.32. The lowest BCUT2D eigenvalue weighted by Crippen LogP contribution is -2.10. The molecule has 0 saturated carbocycles. The number of anilines is 1. The average molecular weight is 274 g/mol. The topological polar surface area (TPSA) is 26.0 Å². The van der Waals surface area contributed by atoms with E-state index >= 15 is 0 Å². The van der Waals surface area contributed by atoms with E-state index < -0.39 is 16.8 Å². The molecule has 0 heterocycles. The first-order valence-electron chi connectivity index (χ1n) is 3.14. The number of nitrogen functional groups attached to an aromatic ring is 1. The molecule has 1 rings (SSSR count). The van der Waals surface area contributed by atoms with Gasteiger partial charge in [0.05, 0.1) is 16.3 Å². The highest BCUT2D eigenvalue weighted by molar-refractivity contribution is 9.10. The summed E-state index contributed by atoms with van der Waals surface area (Å²) in [5.41, 5.74) is 3.83. The van der Waals surface area contributed by atoms with Crippen LogP contribution in [0.1, 0.15) is 5.56 Å². The van der Waals surface area contributed by atoms with Crippen LogP contribution >= 0.6 is 27.5 Å². The quantitative estimate of drug-likeness (QED) is 0.717. The van der Waals surface area contributed by atoms with Gasteiger partial charge in [0.25, 0.3) is 0 Å². The molecule has 0 aliphatic carbocycles. The van der Waals surface area contributed by atoms with E-state index in [1.807, 2.05) is 0 Å². The van der Waals surface area contributed by atoms with Crippen molar-refractivity contribution in [3.05, 3.63) is 27.2 Å². The van der Waals surface area contributed by atoms with Gasteiger partial charge in [-0.2, -0.15) is 13.2 Å². The summed E-state index contributed by atoms with van der Waals surface area (Å²) in [6.45, 7) is 0. The Morgan fingerprint density at radius 3 is 2.23 bits per heavy atom. The smallest absolute Gasteiger partial charge is 0.397 e. The SMILES string of the molecule is Nc1c(Br)ccc(Cl)c1C(F)(F)F. The third-order valence-corrected chi connectivity index (χ3v) is 2.43. The Kier molecular flexibility index (Phi) is 2.77. The van der Waals surface area contributed by atoms with Gasteiger partial charge in [-0.1, -0.05) is 11.6 Å². The summed E-state index contributed by atoms with van der Waals surface area (Å²) in [6.07, 6.45) is -4.52. The molecule has 2 N–H and O–H groups in total. The van der Waals surface area contributed by atoms with Crippen LogP contribution < -0.4 is 5.73 Å². The molecule has 1 aromatic carbocycles. The van der Waals surface area contributed by atoms with Gasteiger partial charge in [0.15, 0.2) is 0 Å². The van der Waals surface area contributed by atoms with E-state index in [2.05, 4.69) is 15.9 Å². The molecule has 0 amide bonds. The van der Waals surface area contributed by atoms with Crippen LogP contribution in [0, 0.1) is 0 Å². The van der Waals surface area contributed by atoms with E-state index in [0.29, 0.717) is 0 Å². The predicted molar refractivity (Wildman–Crippen MR) is 48.6 cm³/mol. The number of halogens is 5. The Hall–Kier alpha value is -0.420. The van der Waals surface area contributed by atoms with Crippen LogP contribution in [0.25, 0.3) is 0 Å². The standard InChI is InChI=1S/C7H4BrClF3N/c8-3-1-2-4(9)5(6(3)13)7(10,11)12/h1-2H,13H2. The predicted octanol–water partition coefficient (Wildman–Crippen LogP) is 3.70. The average Bonchev–Trinajstić information content (AvgIpc) is 1.95. The van der Waals surface area contributed by atoms with E-state index in [-0.39, 0.29) is 10.2 Å². The number of nitrogens with two attached hydrogens (primary N) is 1. The molecule has 0 atom stereocenters. The number of rotatable bonds is 0. The Labute approximate surface area is 85.8 Å². The second-order valence-corrected chi connectivity index (χ2v) is 3.58. The van der Waals surface area contributed by atoms with Crippen molar-refractivity contribution in [3.63, 3.8) is 0 Å². The summed E-state index contributed by atoms with van der Waals surface area (Å²) in [5.74, 6) is 0. The van der Waals surface area contributed by atoms with Crippen LogP contribution in [-0.4, -0.2) is 0 Å². The van der Waals surface area contributed by atoms with E-state index in [4.69, 9.17) is 17.3 Å². The molecule has 6 heteroatoms. The minimum Gasteiger partial charge on any atom is -0.397 e. The molecule has 0 aromatic heterocycles. The highest BCUT2D eigenvalue weighted by Gasteiger charge is 2.36. The zero-order valence-corrected chi connectivity index (χ0v) is 8.46. The largest absolute Gasteiger partial charge is 0.419 e. The lowest BCUT2D eigenvalue weighted by atomic mass is 10.2. The number of hydrogen-bond donors (Lipinski definition) is 1. The van der Waals surface area contributed by atoms with Gasteiger partial charge >= 0.3 is 6.18 Å². The minimum absolute atomic E-state index is 0.184. The first-order chi connectivity index (χ1) is 5.84. The van der Waals surface area contributed by atoms with Crippen molar-refractivity contribution in [1.82, 2.24) is 0 Å². The van der Waals surface area contributed by atoms with Crippen LogP contribution in [0.4, 0.5) is 18.9 Å². The van der Waals surface area contributed by atoms with Crippen molar-refractivity contribution < 1.29 is 13.2 Å². The minimum atomic E-state index is -4.52. The van der Waals surface area contributed by atoms with Gasteiger partial charge in [-0.3, -0.25) is 0 Å². The van der Waals surface area contributed by atoms with Gasteiger partial charge in [-0.25, -0.2) is 0 Å². The number of hydrogen-bond acceptors (Lipinski definition) is 1. The lowest BCUT2D eigenvalue weighted by Gasteiger charge is -2.12. The molecule has 1 nitrogen and oxygen atoms in total. The van der Waals surface area contributed by atoms with Crippen LogP contribution in [0.5, 0.6) is 0 Å². The Balaban J connectivity index is 3.43. The zero-order valence-electron chi connectivity index (χ0n) is 6.12. The summed E-state index contributed by atoms with van der Waals surface area (Å²) < 4.78 is 37.1. The zero-order chi connectivity index (χ0) is 10.2.